The molecule has 8 nitrogen and oxygen atoms in total. The SMILES string of the molecule is CSc1nncc(-c2cnnc(OCCO)n2)n1. The average molecular weight is 266 g/mol. The Hall–Kier alpha value is -1.87. The monoisotopic (exact) mass is 266 g/mol. The van der Waals surface area contributed by atoms with Crippen LogP contribution in [0.4, 0.5) is 0 Å². The van der Waals surface area contributed by atoms with Crippen molar-refractivity contribution < 1.29 is 9.84 Å². The van der Waals surface area contributed by atoms with E-state index in [1.807, 2.05) is 6.26 Å². The Balaban J connectivity index is 2.26. The normalized spacial score (nSPS) is 10.3. The molecular weight excluding hydrogens is 256 g/mol. The number of hydrogen-bond donors (Lipinski definition) is 1. The van der Waals surface area contributed by atoms with E-state index in [9.17, 15) is 0 Å². The lowest BCUT2D eigenvalue weighted by molar-refractivity contribution is 0.190. The van der Waals surface area contributed by atoms with Crippen LogP contribution in [0.3, 0.4) is 0 Å². The number of aromatic nitrogens is 6. The van der Waals surface area contributed by atoms with Crippen molar-refractivity contribution in [3.63, 3.8) is 0 Å². The number of nitrogens with zero attached hydrogens (tertiary/aromatic N) is 6. The molecule has 9 heteroatoms. The largest absolute Gasteiger partial charge is 0.460 e. The number of aliphatic hydroxyl groups excluding tert-OH is 1. The second-order valence-corrected chi connectivity index (χ2v) is 3.80. The van der Waals surface area contributed by atoms with Gasteiger partial charge in [-0.2, -0.15) is 15.2 Å². The van der Waals surface area contributed by atoms with Crippen LogP contribution in [-0.2, 0) is 0 Å². The lowest BCUT2D eigenvalue weighted by Crippen LogP contribution is -2.06. The van der Waals surface area contributed by atoms with E-state index in [0.717, 1.165) is 0 Å². The predicted octanol–water partition coefficient (Wildman–Crippen LogP) is -0.183. The third kappa shape index (κ3) is 3.08. The molecule has 2 rings (SSSR count). The summed E-state index contributed by atoms with van der Waals surface area (Å²) in [5.74, 6) is 0. The summed E-state index contributed by atoms with van der Waals surface area (Å²) in [5, 5.41) is 24.3. The molecule has 2 aromatic rings. The highest BCUT2D eigenvalue weighted by atomic mass is 32.2. The standard InChI is InChI=1S/C9H10N6O2S/c1-18-9-13-7(5-11-15-9)6-4-10-14-8(12-6)17-3-2-16/h4-5,16H,2-3H2,1H3. The third-order valence-corrected chi connectivity index (χ3v) is 2.38. The maximum atomic E-state index is 8.65. The van der Waals surface area contributed by atoms with Crippen molar-refractivity contribution in [2.75, 3.05) is 19.5 Å². The van der Waals surface area contributed by atoms with Crippen LogP contribution in [-0.4, -0.2) is 54.9 Å². The van der Waals surface area contributed by atoms with Gasteiger partial charge in [-0.3, -0.25) is 0 Å². The fourth-order valence-corrected chi connectivity index (χ4v) is 1.42. The molecular formula is C9H10N6O2S. The number of hydrogen-bond acceptors (Lipinski definition) is 9. The Morgan fingerprint density at radius 2 is 1.89 bits per heavy atom. The lowest BCUT2D eigenvalue weighted by atomic mass is 10.3. The van der Waals surface area contributed by atoms with E-state index in [0.29, 0.717) is 16.5 Å². The molecule has 0 atom stereocenters. The zero-order valence-corrected chi connectivity index (χ0v) is 10.3. The molecule has 0 unspecified atom stereocenters. The summed E-state index contributed by atoms with van der Waals surface area (Å²) < 4.78 is 5.07. The van der Waals surface area contributed by atoms with Crippen molar-refractivity contribution in [3.05, 3.63) is 12.4 Å². The van der Waals surface area contributed by atoms with E-state index in [1.165, 1.54) is 24.2 Å². The van der Waals surface area contributed by atoms with Gasteiger partial charge in [0.25, 0.3) is 0 Å². The minimum absolute atomic E-state index is 0.0888. The maximum absolute atomic E-state index is 8.65. The first-order chi connectivity index (χ1) is 8.83. The third-order valence-electron chi connectivity index (χ3n) is 1.85. The number of aliphatic hydroxyl groups is 1. The topological polar surface area (TPSA) is 107 Å². The van der Waals surface area contributed by atoms with Crippen molar-refractivity contribution >= 4 is 11.8 Å². The first-order valence-electron chi connectivity index (χ1n) is 5.01. The molecule has 2 heterocycles. The molecule has 2 aromatic heterocycles. The molecule has 0 radical (unpaired) electrons. The molecule has 0 amide bonds. The number of rotatable bonds is 5. The molecule has 0 aliphatic carbocycles. The quantitative estimate of drug-likeness (QED) is 0.737. The van der Waals surface area contributed by atoms with Gasteiger partial charge in [0.05, 0.1) is 19.0 Å². The Morgan fingerprint density at radius 3 is 2.61 bits per heavy atom. The minimum atomic E-state index is -0.112. The van der Waals surface area contributed by atoms with Crippen LogP contribution >= 0.6 is 11.8 Å². The van der Waals surface area contributed by atoms with Gasteiger partial charge < -0.3 is 9.84 Å². The van der Waals surface area contributed by atoms with Crippen LogP contribution in [0.1, 0.15) is 0 Å². The van der Waals surface area contributed by atoms with Crippen LogP contribution in [0, 0.1) is 0 Å². The second-order valence-electron chi connectivity index (χ2n) is 3.02. The Morgan fingerprint density at radius 1 is 1.17 bits per heavy atom. The predicted molar refractivity (Wildman–Crippen MR) is 63.0 cm³/mol. The van der Waals surface area contributed by atoms with E-state index in [1.54, 1.807) is 0 Å². The highest BCUT2D eigenvalue weighted by Gasteiger charge is 2.07. The van der Waals surface area contributed by atoms with Gasteiger partial charge in [-0.05, 0) is 6.26 Å². The number of thioether (sulfide) groups is 1. The molecule has 0 aromatic carbocycles. The Kier molecular flexibility index (Phi) is 4.31. The summed E-state index contributed by atoms with van der Waals surface area (Å²) in [7, 11) is 0. The molecule has 0 saturated heterocycles. The molecule has 0 fully saturated rings. The van der Waals surface area contributed by atoms with Crippen molar-refractivity contribution in [2.45, 2.75) is 5.16 Å². The Bertz CT molecular complexity index is 526. The van der Waals surface area contributed by atoms with Gasteiger partial charge in [-0.1, -0.05) is 16.9 Å². The van der Waals surface area contributed by atoms with Crippen LogP contribution < -0.4 is 4.74 Å². The van der Waals surface area contributed by atoms with Crippen LogP contribution in [0.15, 0.2) is 17.6 Å². The highest BCUT2D eigenvalue weighted by Crippen LogP contribution is 2.16. The van der Waals surface area contributed by atoms with Gasteiger partial charge in [-0.15, -0.1) is 5.10 Å². The van der Waals surface area contributed by atoms with Gasteiger partial charge in [0.2, 0.25) is 5.16 Å². The smallest absolute Gasteiger partial charge is 0.336 e. The van der Waals surface area contributed by atoms with Crippen LogP contribution in [0.25, 0.3) is 11.4 Å². The van der Waals surface area contributed by atoms with E-state index >= 15 is 0 Å². The summed E-state index contributed by atoms with van der Waals surface area (Å²) >= 11 is 1.38. The first-order valence-corrected chi connectivity index (χ1v) is 6.23. The van der Waals surface area contributed by atoms with Gasteiger partial charge in [0.1, 0.15) is 18.0 Å². The fourth-order valence-electron chi connectivity index (χ4n) is 1.11. The van der Waals surface area contributed by atoms with Crippen molar-refractivity contribution in [3.8, 4) is 17.4 Å². The summed E-state index contributed by atoms with van der Waals surface area (Å²) in [6.07, 6.45) is 4.80. The van der Waals surface area contributed by atoms with E-state index < -0.39 is 0 Å². The maximum Gasteiger partial charge on any atom is 0.336 e. The van der Waals surface area contributed by atoms with Crippen molar-refractivity contribution in [2.24, 2.45) is 0 Å². The van der Waals surface area contributed by atoms with Gasteiger partial charge >= 0.3 is 6.01 Å². The van der Waals surface area contributed by atoms with E-state index in [2.05, 4.69) is 30.4 Å². The zero-order valence-electron chi connectivity index (χ0n) is 9.52. The Labute approximate surface area is 107 Å². The van der Waals surface area contributed by atoms with Gasteiger partial charge in [0.15, 0.2) is 0 Å². The molecule has 18 heavy (non-hydrogen) atoms. The average Bonchev–Trinajstić information content (AvgIpc) is 2.45. The molecule has 0 spiro atoms. The second kappa shape index (κ2) is 6.17. The van der Waals surface area contributed by atoms with Crippen molar-refractivity contribution in [1.29, 1.82) is 0 Å². The molecule has 0 aliphatic heterocycles. The number of ether oxygens (including phenoxy) is 1. The van der Waals surface area contributed by atoms with Crippen LogP contribution in [0.5, 0.6) is 6.01 Å². The molecule has 1 N–H and O–H groups in total. The summed E-state index contributed by atoms with van der Waals surface area (Å²) in [6.45, 7) is 0.00247. The molecule has 0 bridgehead atoms. The fraction of sp³-hybridized carbons (Fsp3) is 0.333. The molecule has 0 aliphatic rings. The van der Waals surface area contributed by atoms with Crippen LogP contribution in [0.2, 0.25) is 0 Å². The minimum Gasteiger partial charge on any atom is -0.460 e. The summed E-state index contributed by atoms with van der Waals surface area (Å²) in [6, 6.07) is 0.0888. The summed E-state index contributed by atoms with van der Waals surface area (Å²) in [5.41, 5.74) is 1.03. The summed E-state index contributed by atoms with van der Waals surface area (Å²) in [4.78, 5) is 8.35. The van der Waals surface area contributed by atoms with E-state index in [4.69, 9.17) is 9.84 Å². The zero-order chi connectivity index (χ0) is 12.8. The molecule has 94 valence electrons. The van der Waals surface area contributed by atoms with Gasteiger partial charge in [-0.25, -0.2) is 4.98 Å². The van der Waals surface area contributed by atoms with Gasteiger partial charge in [0, 0.05) is 0 Å². The highest BCUT2D eigenvalue weighted by molar-refractivity contribution is 7.98. The molecule has 0 saturated carbocycles. The first kappa shape index (κ1) is 12.6. The van der Waals surface area contributed by atoms with E-state index in [-0.39, 0.29) is 19.2 Å². The lowest BCUT2D eigenvalue weighted by Gasteiger charge is -2.03. The van der Waals surface area contributed by atoms with Crippen molar-refractivity contribution in [1.82, 2.24) is 30.4 Å².